The summed E-state index contributed by atoms with van der Waals surface area (Å²) >= 11 is 0. The Kier molecular flexibility index (Phi) is 2.44. The first-order valence-electron chi connectivity index (χ1n) is 6.56. The van der Waals surface area contributed by atoms with Crippen molar-refractivity contribution in [2.24, 2.45) is 5.92 Å². The molecule has 0 amide bonds. The van der Waals surface area contributed by atoms with Crippen LogP contribution in [0.1, 0.15) is 49.8 Å². The summed E-state index contributed by atoms with van der Waals surface area (Å²) in [7, 11) is 0. The first-order valence-corrected chi connectivity index (χ1v) is 6.56. The van der Waals surface area contributed by atoms with Crippen molar-refractivity contribution in [1.82, 2.24) is 0 Å². The highest BCUT2D eigenvalue weighted by molar-refractivity contribution is 5.41. The molecule has 17 heavy (non-hydrogen) atoms. The van der Waals surface area contributed by atoms with Crippen molar-refractivity contribution >= 4 is 0 Å². The number of hydrogen-bond acceptors (Lipinski definition) is 2. The van der Waals surface area contributed by atoms with Gasteiger partial charge in [-0.15, -0.1) is 0 Å². The number of rotatable bonds is 0. The van der Waals surface area contributed by atoms with Gasteiger partial charge in [-0.05, 0) is 44.2 Å². The molecule has 1 spiro atoms. The normalized spacial score (nSPS) is 35.7. The average Bonchev–Trinajstić information content (AvgIpc) is 2.61. The van der Waals surface area contributed by atoms with Crippen molar-refractivity contribution in [3.63, 3.8) is 0 Å². The van der Waals surface area contributed by atoms with Crippen molar-refractivity contribution in [2.75, 3.05) is 0 Å². The molecule has 1 aliphatic carbocycles. The Labute approximate surface area is 103 Å². The zero-order valence-electron chi connectivity index (χ0n) is 10.6. The minimum absolute atomic E-state index is 0.0961. The number of aliphatic hydroxyl groups is 1. The van der Waals surface area contributed by atoms with Crippen LogP contribution in [0.15, 0.2) is 18.2 Å². The van der Waals surface area contributed by atoms with E-state index in [1.165, 1.54) is 12.0 Å². The van der Waals surface area contributed by atoms with Crippen LogP contribution in [0.2, 0.25) is 0 Å². The summed E-state index contributed by atoms with van der Waals surface area (Å²) in [5.41, 5.74) is 2.05. The van der Waals surface area contributed by atoms with Crippen molar-refractivity contribution in [1.29, 1.82) is 0 Å². The first kappa shape index (κ1) is 11.1. The fraction of sp³-hybridized carbons (Fsp3) is 0.600. The van der Waals surface area contributed by atoms with Gasteiger partial charge in [0, 0.05) is 12.0 Å². The average molecular weight is 232 g/mol. The van der Waals surface area contributed by atoms with E-state index in [0.29, 0.717) is 5.92 Å². The second-order valence-electron chi connectivity index (χ2n) is 5.89. The van der Waals surface area contributed by atoms with Crippen molar-refractivity contribution < 1.29 is 9.84 Å². The summed E-state index contributed by atoms with van der Waals surface area (Å²) in [6, 6.07) is 6.12. The maximum absolute atomic E-state index is 10.3. The quantitative estimate of drug-likeness (QED) is 0.743. The summed E-state index contributed by atoms with van der Waals surface area (Å²) in [5, 5.41) is 10.3. The van der Waals surface area contributed by atoms with Gasteiger partial charge in [0.15, 0.2) is 0 Å². The minimum Gasteiger partial charge on any atom is -0.487 e. The maximum Gasteiger partial charge on any atom is 0.125 e. The molecule has 1 aromatic carbocycles. The number of fused-ring (bicyclic) bond motifs is 1. The molecule has 1 saturated carbocycles. The van der Waals surface area contributed by atoms with Crippen molar-refractivity contribution in [3.8, 4) is 5.75 Å². The highest BCUT2D eigenvalue weighted by Gasteiger charge is 2.44. The Bertz CT molecular complexity index is 441. The summed E-state index contributed by atoms with van der Waals surface area (Å²) in [5.74, 6) is 1.61. The van der Waals surface area contributed by atoms with Crippen molar-refractivity contribution in [3.05, 3.63) is 29.3 Å². The van der Waals surface area contributed by atoms with E-state index < -0.39 is 0 Å². The highest BCUT2D eigenvalue weighted by atomic mass is 16.5. The molecule has 2 heteroatoms. The van der Waals surface area contributed by atoms with Crippen LogP contribution in [0.25, 0.3) is 0 Å². The lowest BCUT2D eigenvalue weighted by Gasteiger charge is -2.38. The molecule has 3 rings (SSSR count). The minimum atomic E-state index is -0.357. The molecule has 0 aromatic heterocycles. The zero-order chi connectivity index (χ0) is 12.0. The molecule has 2 aliphatic rings. The number of aryl methyl sites for hydroxylation is 1. The van der Waals surface area contributed by atoms with Gasteiger partial charge < -0.3 is 9.84 Å². The van der Waals surface area contributed by atoms with E-state index in [1.807, 2.05) is 12.1 Å². The molecule has 0 saturated heterocycles. The van der Waals surface area contributed by atoms with E-state index in [9.17, 15) is 5.11 Å². The van der Waals surface area contributed by atoms with Gasteiger partial charge in [-0.2, -0.15) is 0 Å². The smallest absolute Gasteiger partial charge is 0.125 e. The van der Waals surface area contributed by atoms with Crippen LogP contribution in [0.4, 0.5) is 0 Å². The van der Waals surface area contributed by atoms with Crippen LogP contribution >= 0.6 is 0 Å². The van der Waals surface area contributed by atoms with Gasteiger partial charge in [0.1, 0.15) is 11.4 Å². The number of aliphatic hydroxyl groups excluding tert-OH is 1. The molecule has 0 bridgehead atoms. The SMILES string of the molecule is Cc1ccc2c(c1)C(O)CC1(CCC(C)C1)O2. The second-order valence-corrected chi connectivity index (χ2v) is 5.89. The molecule has 3 unspecified atom stereocenters. The van der Waals surface area contributed by atoms with E-state index in [1.54, 1.807) is 0 Å². The van der Waals surface area contributed by atoms with Crippen LogP contribution in [0.3, 0.4) is 0 Å². The number of benzene rings is 1. The zero-order valence-corrected chi connectivity index (χ0v) is 10.6. The van der Waals surface area contributed by atoms with Gasteiger partial charge in [-0.25, -0.2) is 0 Å². The van der Waals surface area contributed by atoms with E-state index in [-0.39, 0.29) is 11.7 Å². The van der Waals surface area contributed by atoms with Gasteiger partial charge >= 0.3 is 0 Å². The predicted molar refractivity (Wildman–Crippen MR) is 67.1 cm³/mol. The van der Waals surface area contributed by atoms with E-state index >= 15 is 0 Å². The van der Waals surface area contributed by atoms with Crippen molar-refractivity contribution in [2.45, 2.75) is 51.2 Å². The molecule has 3 atom stereocenters. The number of ether oxygens (including phenoxy) is 1. The summed E-state index contributed by atoms with van der Waals surface area (Å²) in [4.78, 5) is 0. The Morgan fingerprint density at radius 2 is 2.18 bits per heavy atom. The van der Waals surface area contributed by atoms with Gasteiger partial charge in [-0.3, -0.25) is 0 Å². The third-order valence-corrected chi connectivity index (χ3v) is 4.23. The van der Waals surface area contributed by atoms with Gasteiger partial charge in [0.05, 0.1) is 6.10 Å². The van der Waals surface area contributed by atoms with Gasteiger partial charge in [0.25, 0.3) is 0 Å². The van der Waals surface area contributed by atoms with E-state index in [0.717, 1.165) is 30.6 Å². The lowest BCUT2D eigenvalue weighted by Crippen LogP contribution is -2.38. The van der Waals surface area contributed by atoms with Gasteiger partial charge in [-0.1, -0.05) is 18.6 Å². The lowest BCUT2D eigenvalue weighted by molar-refractivity contribution is -0.0116. The monoisotopic (exact) mass is 232 g/mol. The molecule has 1 N–H and O–H groups in total. The Morgan fingerprint density at radius 1 is 1.35 bits per heavy atom. The summed E-state index contributed by atoms with van der Waals surface area (Å²) in [6.07, 6.45) is 3.78. The first-order chi connectivity index (χ1) is 8.08. The van der Waals surface area contributed by atoms with Crippen LogP contribution in [0, 0.1) is 12.8 Å². The van der Waals surface area contributed by atoms with E-state index in [4.69, 9.17) is 4.74 Å². The van der Waals surface area contributed by atoms with Crippen LogP contribution in [-0.2, 0) is 0 Å². The van der Waals surface area contributed by atoms with Crippen LogP contribution < -0.4 is 4.74 Å². The molecule has 1 heterocycles. The molecule has 1 fully saturated rings. The third-order valence-electron chi connectivity index (χ3n) is 4.23. The fourth-order valence-corrected chi connectivity index (χ4v) is 3.39. The van der Waals surface area contributed by atoms with Crippen LogP contribution in [0.5, 0.6) is 5.75 Å². The van der Waals surface area contributed by atoms with E-state index in [2.05, 4.69) is 19.9 Å². The molecule has 92 valence electrons. The molecule has 0 radical (unpaired) electrons. The topological polar surface area (TPSA) is 29.5 Å². The fourth-order valence-electron chi connectivity index (χ4n) is 3.39. The third kappa shape index (κ3) is 1.85. The molecular formula is C15H20O2. The summed E-state index contributed by atoms with van der Waals surface area (Å²) in [6.45, 7) is 4.32. The Hall–Kier alpha value is -1.02. The standard InChI is InChI=1S/C15H20O2/c1-10-3-4-14-12(7-10)13(16)9-15(17-14)6-5-11(2)8-15/h3-4,7,11,13,16H,5-6,8-9H2,1-2H3. The predicted octanol–water partition coefficient (Wildman–Crippen LogP) is 3.37. The Morgan fingerprint density at radius 3 is 2.88 bits per heavy atom. The lowest BCUT2D eigenvalue weighted by atomic mass is 9.86. The summed E-state index contributed by atoms with van der Waals surface area (Å²) < 4.78 is 6.22. The largest absolute Gasteiger partial charge is 0.487 e. The van der Waals surface area contributed by atoms with Crippen LogP contribution in [-0.4, -0.2) is 10.7 Å². The van der Waals surface area contributed by atoms with Gasteiger partial charge in [0.2, 0.25) is 0 Å². The molecular weight excluding hydrogens is 212 g/mol. The molecule has 1 aromatic rings. The number of hydrogen-bond donors (Lipinski definition) is 1. The highest BCUT2D eigenvalue weighted by Crippen LogP contribution is 2.48. The Balaban J connectivity index is 1.96. The molecule has 1 aliphatic heterocycles. The second kappa shape index (κ2) is 3.74. The maximum atomic E-state index is 10.3. The molecule has 2 nitrogen and oxygen atoms in total.